The van der Waals surface area contributed by atoms with Gasteiger partial charge in [0.05, 0.1) is 11.4 Å². The highest BCUT2D eigenvalue weighted by atomic mass is 32.2. The second-order valence-corrected chi connectivity index (χ2v) is 8.27. The molecule has 3 N–H and O–H groups in total. The number of aliphatic imine (C=N–C) groups is 1. The quantitative estimate of drug-likeness (QED) is 0.338. The van der Waals surface area contributed by atoms with Crippen molar-refractivity contribution < 1.29 is 13.2 Å². The van der Waals surface area contributed by atoms with Crippen LogP contribution >= 0.6 is 0 Å². The van der Waals surface area contributed by atoms with Gasteiger partial charge in [0.1, 0.15) is 12.4 Å². The summed E-state index contributed by atoms with van der Waals surface area (Å²) in [5.41, 5.74) is 0.967. The van der Waals surface area contributed by atoms with Crippen molar-refractivity contribution in [3.63, 3.8) is 0 Å². The Labute approximate surface area is 166 Å². The molecule has 1 aliphatic rings. The van der Waals surface area contributed by atoms with Gasteiger partial charge in [-0.05, 0) is 42.7 Å². The van der Waals surface area contributed by atoms with Crippen LogP contribution < -0.4 is 20.1 Å². The van der Waals surface area contributed by atoms with Gasteiger partial charge in [-0.1, -0.05) is 30.3 Å². The van der Waals surface area contributed by atoms with Gasteiger partial charge in [-0.3, -0.25) is 4.99 Å². The first kappa shape index (κ1) is 20.2. The van der Waals surface area contributed by atoms with E-state index in [2.05, 4.69) is 20.3 Å². The van der Waals surface area contributed by atoms with E-state index in [9.17, 15) is 8.42 Å². The lowest BCUT2D eigenvalue weighted by Crippen LogP contribution is -2.38. The Morgan fingerprint density at radius 2 is 1.79 bits per heavy atom. The van der Waals surface area contributed by atoms with E-state index in [0.29, 0.717) is 30.6 Å². The van der Waals surface area contributed by atoms with Gasteiger partial charge in [-0.2, -0.15) is 0 Å². The van der Waals surface area contributed by atoms with E-state index in [0.717, 1.165) is 24.2 Å². The molecule has 0 bridgehead atoms. The molecule has 0 unspecified atom stereocenters. The number of sulfonamides is 1. The van der Waals surface area contributed by atoms with Crippen LogP contribution in [-0.2, 0) is 16.6 Å². The summed E-state index contributed by atoms with van der Waals surface area (Å²) in [7, 11) is -1.71. The van der Waals surface area contributed by atoms with Crippen LogP contribution in [0.4, 0.5) is 0 Å². The molecule has 8 heteroatoms. The Morgan fingerprint density at radius 3 is 2.43 bits per heavy atom. The van der Waals surface area contributed by atoms with Gasteiger partial charge in [0.25, 0.3) is 0 Å². The van der Waals surface area contributed by atoms with Crippen molar-refractivity contribution in [1.82, 2.24) is 15.4 Å². The minimum atomic E-state index is -3.41. The first-order valence-electron chi connectivity index (χ1n) is 9.30. The van der Waals surface area contributed by atoms with E-state index < -0.39 is 10.0 Å². The lowest BCUT2D eigenvalue weighted by molar-refractivity contribution is 0.322. The van der Waals surface area contributed by atoms with Crippen LogP contribution in [0.15, 0.2) is 64.5 Å². The normalized spacial score (nSPS) is 14.5. The van der Waals surface area contributed by atoms with Crippen LogP contribution in [0, 0.1) is 0 Å². The molecule has 0 aromatic heterocycles. The Kier molecular flexibility index (Phi) is 6.89. The van der Waals surface area contributed by atoms with Gasteiger partial charge in [-0.25, -0.2) is 13.1 Å². The molecule has 7 nitrogen and oxygen atoms in total. The SMILES string of the molecule is CN=C(NCCOc1ccccc1)NCc1ccc(S(=O)(=O)NC2CC2)cc1. The summed E-state index contributed by atoms with van der Waals surface area (Å²) in [5.74, 6) is 1.49. The van der Waals surface area contributed by atoms with Gasteiger partial charge >= 0.3 is 0 Å². The number of ether oxygens (including phenoxy) is 1. The molecule has 2 aromatic carbocycles. The molecule has 3 rings (SSSR count). The fourth-order valence-electron chi connectivity index (χ4n) is 2.54. The smallest absolute Gasteiger partial charge is 0.240 e. The van der Waals surface area contributed by atoms with Crippen molar-refractivity contribution in [2.75, 3.05) is 20.2 Å². The summed E-state index contributed by atoms with van der Waals surface area (Å²) in [6.45, 7) is 1.67. The Morgan fingerprint density at radius 1 is 1.07 bits per heavy atom. The van der Waals surface area contributed by atoms with Crippen molar-refractivity contribution >= 4 is 16.0 Å². The maximum absolute atomic E-state index is 12.2. The van der Waals surface area contributed by atoms with Crippen molar-refractivity contribution in [3.05, 3.63) is 60.2 Å². The van der Waals surface area contributed by atoms with E-state index in [1.54, 1.807) is 31.3 Å². The van der Waals surface area contributed by atoms with Gasteiger partial charge in [-0.15, -0.1) is 0 Å². The third-order valence-electron chi connectivity index (χ3n) is 4.22. The molecule has 0 saturated heterocycles. The second-order valence-electron chi connectivity index (χ2n) is 6.55. The summed E-state index contributed by atoms with van der Waals surface area (Å²) in [5, 5.41) is 6.39. The molecule has 28 heavy (non-hydrogen) atoms. The molecule has 0 aliphatic heterocycles. The maximum Gasteiger partial charge on any atom is 0.240 e. The summed E-state index contributed by atoms with van der Waals surface area (Å²) in [6.07, 6.45) is 1.84. The fraction of sp³-hybridized carbons (Fsp3) is 0.350. The number of benzene rings is 2. The van der Waals surface area contributed by atoms with E-state index >= 15 is 0 Å². The highest BCUT2D eigenvalue weighted by molar-refractivity contribution is 7.89. The van der Waals surface area contributed by atoms with Gasteiger partial charge < -0.3 is 15.4 Å². The zero-order chi connectivity index (χ0) is 19.8. The molecule has 0 radical (unpaired) electrons. The van der Waals surface area contributed by atoms with Crippen molar-refractivity contribution in [1.29, 1.82) is 0 Å². The zero-order valence-corrected chi connectivity index (χ0v) is 16.7. The third-order valence-corrected chi connectivity index (χ3v) is 5.76. The summed E-state index contributed by atoms with van der Waals surface area (Å²) >= 11 is 0. The number of para-hydroxylation sites is 1. The first-order chi connectivity index (χ1) is 13.6. The average molecular weight is 403 g/mol. The summed E-state index contributed by atoms with van der Waals surface area (Å²) in [4.78, 5) is 4.47. The number of rotatable bonds is 9. The molecule has 2 aromatic rings. The predicted molar refractivity (Wildman–Crippen MR) is 110 cm³/mol. The van der Waals surface area contributed by atoms with Gasteiger partial charge in [0, 0.05) is 19.6 Å². The van der Waals surface area contributed by atoms with Crippen molar-refractivity contribution in [2.45, 2.75) is 30.3 Å². The van der Waals surface area contributed by atoms with Gasteiger partial charge in [0.2, 0.25) is 10.0 Å². The molecule has 0 atom stereocenters. The molecule has 150 valence electrons. The van der Waals surface area contributed by atoms with Gasteiger partial charge in [0.15, 0.2) is 5.96 Å². The molecular weight excluding hydrogens is 376 g/mol. The minimum absolute atomic E-state index is 0.103. The lowest BCUT2D eigenvalue weighted by atomic mass is 10.2. The summed E-state index contributed by atoms with van der Waals surface area (Å²) < 4.78 is 32.7. The monoisotopic (exact) mass is 402 g/mol. The molecule has 0 amide bonds. The predicted octanol–water partition coefficient (Wildman–Crippen LogP) is 1.87. The Bertz CT molecular complexity index is 879. The topological polar surface area (TPSA) is 91.8 Å². The first-order valence-corrected chi connectivity index (χ1v) is 10.8. The Balaban J connectivity index is 1.41. The van der Waals surface area contributed by atoms with Crippen molar-refractivity contribution in [3.8, 4) is 5.75 Å². The van der Waals surface area contributed by atoms with Crippen LogP contribution in [0.5, 0.6) is 5.75 Å². The highest BCUT2D eigenvalue weighted by Crippen LogP contribution is 2.22. The number of nitrogens with one attached hydrogen (secondary N) is 3. The molecule has 0 heterocycles. The molecule has 1 saturated carbocycles. The number of hydrogen-bond acceptors (Lipinski definition) is 4. The number of guanidine groups is 1. The van der Waals surface area contributed by atoms with Crippen LogP contribution in [0.25, 0.3) is 0 Å². The molecule has 1 fully saturated rings. The highest BCUT2D eigenvalue weighted by Gasteiger charge is 2.27. The van der Waals surface area contributed by atoms with Crippen molar-refractivity contribution in [2.24, 2.45) is 4.99 Å². The lowest BCUT2D eigenvalue weighted by Gasteiger charge is -2.13. The van der Waals surface area contributed by atoms with E-state index in [4.69, 9.17) is 4.74 Å². The Hall–Kier alpha value is -2.58. The van der Waals surface area contributed by atoms with Crippen LogP contribution in [-0.4, -0.2) is 40.6 Å². The van der Waals surface area contributed by atoms with E-state index in [1.165, 1.54) is 0 Å². The largest absolute Gasteiger partial charge is 0.492 e. The average Bonchev–Trinajstić information content (AvgIpc) is 3.52. The summed E-state index contributed by atoms with van der Waals surface area (Å²) in [6, 6.07) is 16.6. The van der Waals surface area contributed by atoms with E-state index in [-0.39, 0.29) is 6.04 Å². The third kappa shape index (κ3) is 6.24. The molecule has 0 spiro atoms. The van der Waals surface area contributed by atoms with Crippen LogP contribution in [0.1, 0.15) is 18.4 Å². The van der Waals surface area contributed by atoms with Crippen LogP contribution in [0.2, 0.25) is 0 Å². The molecule has 1 aliphatic carbocycles. The fourth-order valence-corrected chi connectivity index (χ4v) is 3.84. The standard InChI is InChI=1S/C20H26N4O3S/c1-21-20(22-13-14-27-18-5-3-2-4-6-18)23-15-16-7-11-19(12-8-16)28(25,26)24-17-9-10-17/h2-8,11-12,17,24H,9-10,13-15H2,1H3,(H2,21,22,23). The van der Waals surface area contributed by atoms with Crippen LogP contribution in [0.3, 0.4) is 0 Å². The maximum atomic E-state index is 12.2. The number of nitrogens with zero attached hydrogens (tertiary/aromatic N) is 1. The second kappa shape index (κ2) is 9.57. The van der Waals surface area contributed by atoms with E-state index in [1.807, 2.05) is 30.3 Å². The number of hydrogen-bond donors (Lipinski definition) is 3. The minimum Gasteiger partial charge on any atom is -0.492 e. The zero-order valence-electron chi connectivity index (χ0n) is 15.9. The molecular formula is C20H26N4O3S.